The largest absolute Gasteiger partial charge is 0.444 e. The first kappa shape index (κ1) is 22.9. The smallest absolute Gasteiger partial charge is 0.407 e. The second kappa shape index (κ2) is 8.72. The molecule has 0 bridgehead atoms. The second-order valence-corrected chi connectivity index (χ2v) is 9.90. The van der Waals surface area contributed by atoms with E-state index in [1.165, 1.54) is 12.1 Å². The van der Waals surface area contributed by atoms with Crippen LogP contribution in [0.1, 0.15) is 38.8 Å². The van der Waals surface area contributed by atoms with E-state index in [0.717, 1.165) is 40.8 Å². The molecule has 35 heavy (non-hydrogen) atoms. The minimum absolute atomic E-state index is 0.0965. The SMILES string of the molecule is Cn1cc(C2C(NC(=O)OC(C)(C)C)CCN2c2ccc3c(cnn3-c3ccc(F)cc3)c2)cn1. The van der Waals surface area contributed by atoms with Crippen LogP contribution in [0, 0.1) is 5.82 Å². The number of nitrogens with one attached hydrogen (secondary N) is 1. The molecule has 3 heterocycles. The average Bonchev–Trinajstić information content (AvgIpc) is 3.50. The first-order chi connectivity index (χ1) is 16.7. The summed E-state index contributed by atoms with van der Waals surface area (Å²) in [5.74, 6) is -0.280. The summed E-state index contributed by atoms with van der Waals surface area (Å²) in [5, 5.41) is 12.9. The van der Waals surface area contributed by atoms with Crippen molar-refractivity contribution in [2.45, 2.75) is 44.9 Å². The van der Waals surface area contributed by atoms with Crippen molar-refractivity contribution >= 4 is 22.7 Å². The number of fused-ring (bicyclic) bond motifs is 1. The Labute approximate surface area is 203 Å². The summed E-state index contributed by atoms with van der Waals surface area (Å²) < 4.78 is 22.4. The monoisotopic (exact) mass is 476 g/mol. The molecule has 2 atom stereocenters. The minimum atomic E-state index is -0.568. The molecule has 0 radical (unpaired) electrons. The molecule has 0 spiro atoms. The first-order valence-corrected chi connectivity index (χ1v) is 11.7. The van der Waals surface area contributed by atoms with E-state index in [0.29, 0.717) is 0 Å². The lowest BCUT2D eigenvalue weighted by Crippen LogP contribution is -2.42. The quantitative estimate of drug-likeness (QED) is 0.460. The van der Waals surface area contributed by atoms with Gasteiger partial charge in [0.25, 0.3) is 0 Å². The molecule has 4 aromatic rings. The third-order valence-electron chi connectivity index (χ3n) is 6.12. The zero-order valence-corrected chi connectivity index (χ0v) is 20.3. The molecule has 1 saturated heterocycles. The number of hydrogen-bond donors (Lipinski definition) is 1. The van der Waals surface area contributed by atoms with Gasteiger partial charge in [-0.3, -0.25) is 4.68 Å². The molecular weight excluding hydrogens is 447 g/mol. The molecule has 0 saturated carbocycles. The number of amides is 1. The molecule has 182 valence electrons. The Balaban J connectivity index is 1.46. The number of carbonyl (C=O) groups excluding carboxylic acids is 1. The minimum Gasteiger partial charge on any atom is -0.444 e. The van der Waals surface area contributed by atoms with E-state index in [2.05, 4.69) is 32.5 Å². The summed E-state index contributed by atoms with van der Waals surface area (Å²) in [5.41, 5.74) is 3.21. The topological polar surface area (TPSA) is 77.2 Å². The summed E-state index contributed by atoms with van der Waals surface area (Å²) >= 11 is 0. The standard InChI is InChI=1S/C26H29FN6O2/c1-26(2,3)35-25(34)30-22-11-12-32(24(22)18-15-28-31(4)16-18)21-9-10-23-17(13-21)14-29-33(23)20-7-5-19(27)6-8-20/h5-10,13-16,22,24H,11-12H2,1-4H3,(H,30,34). The number of carbonyl (C=O) groups is 1. The molecule has 5 rings (SSSR count). The molecule has 0 aliphatic carbocycles. The van der Waals surface area contributed by atoms with E-state index in [1.807, 2.05) is 52.5 Å². The Morgan fingerprint density at radius 2 is 1.83 bits per heavy atom. The lowest BCUT2D eigenvalue weighted by atomic mass is 10.0. The van der Waals surface area contributed by atoms with Crippen molar-refractivity contribution in [2.24, 2.45) is 7.05 Å². The van der Waals surface area contributed by atoms with Crippen LogP contribution in [0.4, 0.5) is 14.9 Å². The van der Waals surface area contributed by atoms with Crippen LogP contribution < -0.4 is 10.2 Å². The summed E-state index contributed by atoms with van der Waals surface area (Å²) in [6, 6.07) is 12.2. The van der Waals surface area contributed by atoms with Crippen LogP contribution in [-0.4, -0.2) is 43.8 Å². The Morgan fingerprint density at radius 1 is 1.09 bits per heavy atom. The lowest BCUT2D eigenvalue weighted by Gasteiger charge is -2.30. The molecule has 8 nitrogen and oxygen atoms in total. The summed E-state index contributed by atoms with van der Waals surface area (Å²) in [6.07, 6.45) is 5.99. The lowest BCUT2D eigenvalue weighted by molar-refractivity contribution is 0.0501. The van der Waals surface area contributed by atoms with Gasteiger partial charge in [-0.15, -0.1) is 0 Å². The Bertz CT molecular complexity index is 1350. The van der Waals surface area contributed by atoms with Gasteiger partial charge < -0.3 is 15.0 Å². The van der Waals surface area contributed by atoms with Crippen molar-refractivity contribution in [1.29, 1.82) is 0 Å². The highest BCUT2D eigenvalue weighted by atomic mass is 19.1. The number of rotatable bonds is 4. The van der Waals surface area contributed by atoms with E-state index in [1.54, 1.807) is 21.5 Å². The molecule has 9 heteroatoms. The van der Waals surface area contributed by atoms with Gasteiger partial charge in [0.1, 0.15) is 11.4 Å². The average molecular weight is 477 g/mol. The summed E-state index contributed by atoms with van der Waals surface area (Å²) in [6.45, 7) is 6.33. The fraction of sp³-hybridized carbons (Fsp3) is 0.346. The van der Waals surface area contributed by atoms with Gasteiger partial charge in [-0.05, 0) is 69.7 Å². The number of anilines is 1. The van der Waals surface area contributed by atoms with Gasteiger partial charge in [-0.25, -0.2) is 13.9 Å². The normalized spacial score (nSPS) is 18.3. The maximum absolute atomic E-state index is 13.4. The zero-order valence-electron chi connectivity index (χ0n) is 20.3. The van der Waals surface area contributed by atoms with Crippen molar-refractivity contribution < 1.29 is 13.9 Å². The molecule has 2 aromatic heterocycles. The number of aromatic nitrogens is 4. The van der Waals surface area contributed by atoms with Crippen LogP contribution in [0.3, 0.4) is 0 Å². The third kappa shape index (κ3) is 4.71. The van der Waals surface area contributed by atoms with Crippen molar-refractivity contribution in [3.63, 3.8) is 0 Å². The molecule has 2 unspecified atom stereocenters. The van der Waals surface area contributed by atoms with Crippen LogP contribution in [-0.2, 0) is 11.8 Å². The molecule has 1 aliphatic heterocycles. The highest BCUT2D eigenvalue weighted by Crippen LogP contribution is 2.38. The van der Waals surface area contributed by atoms with Gasteiger partial charge in [0, 0.05) is 36.4 Å². The predicted molar refractivity (Wildman–Crippen MR) is 132 cm³/mol. The van der Waals surface area contributed by atoms with Crippen LogP contribution in [0.25, 0.3) is 16.6 Å². The highest BCUT2D eigenvalue weighted by Gasteiger charge is 2.38. The molecule has 2 aromatic carbocycles. The van der Waals surface area contributed by atoms with E-state index in [-0.39, 0.29) is 17.9 Å². The number of benzene rings is 2. The summed E-state index contributed by atoms with van der Waals surface area (Å²) in [7, 11) is 1.88. The predicted octanol–water partition coefficient (Wildman–Crippen LogP) is 4.74. The Kier molecular flexibility index (Phi) is 5.70. The van der Waals surface area contributed by atoms with E-state index in [9.17, 15) is 9.18 Å². The number of nitrogens with zero attached hydrogens (tertiary/aromatic N) is 5. The maximum atomic E-state index is 13.4. The van der Waals surface area contributed by atoms with Crippen molar-refractivity contribution in [3.05, 3.63) is 72.4 Å². The number of halogens is 1. The first-order valence-electron chi connectivity index (χ1n) is 11.7. The van der Waals surface area contributed by atoms with Gasteiger partial charge >= 0.3 is 6.09 Å². The molecule has 1 amide bonds. The number of hydrogen-bond acceptors (Lipinski definition) is 5. The maximum Gasteiger partial charge on any atom is 0.407 e. The van der Waals surface area contributed by atoms with Gasteiger partial charge in [-0.1, -0.05) is 0 Å². The number of alkyl carbamates (subject to hydrolysis) is 1. The van der Waals surface area contributed by atoms with Crippen LogP contribution >= 0.6 is 0 Å². The van der Waals surface area contributed by atoms with Gasteiger partial charge in [0.2, 0.25) is 0 Å². The van der Waals surface area contributed by atoms with Crippen LogP contribution in [0.5, 0.6) is 0 Å². The molecule has 1 N–H and O–H groups in total. The summed E-state index contributed by atoms with van der Waals surface area (Å²) in [4.78, 5) is 14.9. The fourth-order valence-corrected chi connectivity index (χ4v) is 4.68. The molecule has 1 fully saturated rings. The van der Waals surface area contributed by atoms with E-state index < -0.39 is 11.7 Å². The van der Waals surface area contributed by atoms with E-state index >= 15 is 0 Å². The molecule has 1 aliphatic rings. The van der Waals surface area contributed by atoms with Gasteiger partial charge in [0.15, 0.2) is 0 Å². The van der Waals surface area contributed by atoms with Crippen molar-refractivity contribution in [3.8, 4) is 5.69 Å². The third-order valence-corrected chi connectivity index (χ3v) is 6.12. The number of ether oxygens (including phenoxy) is 1. The van der Waals surface area contributed by atoms with Crippen LogP contribution in [0.15, 0.2) is 61.1 Å². The number of aryl methyl sites for hydroxylation is 1. The Morgan fingerprint density at radius 3 is 2.51 bits per heavy atom. The van der Waals surface area contributed by atoms with Crippen molar-refractivity contribution in [1.82, 2.24) is 24.9 Å². The highest BCUT2D eigenvalue weighted by molar-refractivity contribution is 5.84. The Hall–Kier alpha value is -3.88. The van der Waals surface area contributed by atoms with Crippen molar-refractivity contribution in [2.75, 3.05) is 11.4 Å². The van der Waals surface area contributed by atoms with Gasteiger partial charge in [-0.2, -0.15) is 10.2 Å². The zero-order chi connectivity index (χ0) is 24.7. The van der Waals surface area contributed by atoms with E-state index in [4.69, 9.17) is 4.74 Å². The fourth-order valence-electron chi connectivity index (χ4n) is 4.68. The second-order valence-electron chi connectivity index (χ2n) is 9.90. The molecular formula is C26H29FN6O2. The van der Waals surface area contributed by atoms with Gasteiger partial charge in [0.05, 0.1) is 35.7 Å². The van der Waals surface area contributed by atoms with Crippen LogP contribution in [0.2, 0.25) is 0 Å².